The number of allylic oxidation sites excluding steroid dienone is 2. The molecule has 1 atom stereocenters. The summed E-state index contributed by atoms with van der Waals surface area (Å²) in [5.41, 5.74) is 2.63. The molecule has 0 heterocycles. The Kier molecular flexibility index (Phi) is 2.28. The molecule has 1 aliphatic rings. The first-order chi connectivity index (χ1) is 4.33. The van der Waals surface area contributed by atoms with Gasteiger partial charge in [0.2, 0.25) is 0 Å². The summed E-state index contributed by atoms with van der Waals surface area (Å²) in [6.45, 7) is 0. The highest BCUT2D eigenvalue weighted by molar-refractivity contribution is 6.31. The molecule has 3 heteroatoms. The van der Waals surface area contributed by atoms with Crippen LogP contribution in [0.3, 0.4) is 0 Å². The SMILES string of the molecule is NNC1C=CC(Cl)=CC1. The average Bonchev–Trinajstić information content (AvgIpc) is 1.90. The zero-order valence-corrected chi connectivity index (χ0v) is 5.73. The Morgan fingerprint density at radius 1 is 1.78 bits per heavy atom. The molecule has 3 N–H and O–H groups in total. The maximum Gasteiger partial charge on any atom is 0.0429 e. The summed E-state index contributed by atoms with van der Waals surface area (Å²) >= 11 is 5.64. The molecule has 2 nitrogen and oxygen atoms in total. The Bertz CT molecular complexity index is 151. The lowest BCUT2D eigenvalue weighted by Crippen LogP contribution is -2.33. The third kappa shape index (κ3) is 1.82. The molecule has 0 amide bonds. The van der Waals surface area contributed by atoms with Gasteiger partial charge in [-0.25, -0.2) is 0 Å². The van der Waals surface area contributed by atoms with Gasteiger partial charge < -0.3 is 0 Å². The summed E-state index contributed by atoms with van der Waals surface area (Å²) in [4.78, 5) is 0. The van der Waals surface area contributed by atoms with Crippen molar-refractivity contribution in [3.05, 3.63) is 23.3 Å². The number of hydrogen-bond acceptors (Lipinski definition) is 2. The molecule has 50 valence electrons. The minimum absolute atomic E-state index is 0.257. The van der Waals surface area contributed by atoms with Crippen molar-refractivity contribution in [3.8, 4) is 0 Å². The van der Waals surface area contributed by atoms with Crippen LogP contribution in [0.25, 0.3) is 0 Å². The van der Waals surface area contributed by atoms with E-state index in [0.29, 0.717) is 0 Å². The molecule has 0 saturated carbocycles. The van der Waals surface area contributed by atoms with Crippen LogP contribution in [-0.4, -0.2) is 6.04 Å². The van der Waals surface area contributed by atoms with Gasteiger partial charge in [0.15, 0.2) is 0 Å². The number of nitrogens with one attached hydrogen (secondary N) is 1. The van der Waals surface area contributed by atoms with Crippen molar-refractivity contribution in [1.82, 2.24) is 5.43 Å². The summed E-state index contributed by atoms with van der Waals surface area (Å²) in [7, 11) is 0. The molecule has 0 aromatic rings. The topological polar surface area (TPSA) is 38.0 Å². The van der Waals surface area contributed by atoms with Crippen molar-refractivity contribution in [2.75, 3.05) is 0 Å². The zero-order valence-electron chi connectivity index (χ0n) is 4.97. The molecule has 0 aliphatic heterocycles. The third-order valence-electron chi connectivity index (χ3n) is 1.27. The highest BCUT2D eigenvalue weighted by Gasteiger charge is 2.03. The van der Waals surface area contributed by atoms with E-state index in [9.17, 15) is 0 Å². The summed E-state index contributed by atoms with van der Waals surface area (Å²) in [6.07, 6.45) is 6.61. The summed E-state index contributed by atoms with van der Waals surface area (Å²) < 4.78 is 0. The lowest BCUT2D eigenvalue weighted by atomic mass is 10.1. The number of nitrogens with two attached hydrogens (primary N) is 1. The maximum absolute atomic E-state index is 5.64. The van der Waals surface area contributed by atoms with E-state index in [1.807, 2.05) is 18.2 Å². The molecule has 0 spiro atoms. The standard InChI is InChI=1S/C6H9ClN2/c7-5-1-3-6(9-8)4-2-5/h1-3,6,9H,4,8H2. The Morgan fingerprint density at radius 3 is 3.00 bits per heavy atom. The molecule has 0 aromatic heterocycles. The van der Waals surface area contributed by atoms with Crippen LogP contribution in [0.5, 0.6) is 0 Å². The molecule has 0 radical (unpaired) electrons. The van der Waals surface area contributed by atoms with Crippen LogP contribution in [0.1, 0.15) is 6.42 Å². The Balaban J connectivity index is 2.48. The van der Waals surface area contributed by atoms with Gasteiger partial charge >= 0.3 is 0 Å². The van der Waals surface area contributed by atoms with E-state index in [1.54, 1.807) is 0 Å². The van der Waals surface area contributed by atoms with Crippen LogP contribution >= 0.6 is 11.6 Å². The van der Waals surface area contributed by atoms with Gasteiger partial charge in [0.1, 0.15) is 0 Å². The second-order valence-corrected chi connectivity index (χ2v) is 2.39. The van der Waals surface area contributed by atoms with E-state index in [2.05, 4.69) is 5.43 Å². The van der Waals surface area contributed by atoms with Gasteiger partial charge in [0.25, 0.3) is 0 Å². The van der Waals surface area contributed by atoms with Gasteiger partial charge in [-0.2, -0.15) is 0 Å². The van der Waals surface area contributed by atoms with E-state index in [4.69, 9.17) is 17.4 Å². The molecule has 0 aromatic carbocycles. The monoisotopic (exact) mass is 144 g/mol. The molecule has 1 aliphatic carbocycles. The zero-order chi connectivity index (χ0) is 6.69. The highest BCUT2D eigenvalue weighted by Crippen LogP contribution is 2.12. The summed E-state index contributed by atoms with van der Waals surface area (Å²) in [6, 6.07) is 0.257. The second kappa shape index (κ2) is 3.01. The molecule has 1 unspecified atom stereocenters. The molecular weight excluding hydrogens is 136 g/mol. The summed E-state index contributed by atoms with van der Waals surface area (Å²) in [5.74, 6) is 5.18. The first-order valence-electron chi connectivity index (χ1n) is 2.83. The first kappa shape index (κ1) is 6.81. The van der Waals surface area contributed by atoms with Crippen molar-refractivity contribution in [3.63, 3.8) is 0 Å². The van der Waals surface area contributed by atoms with Crippen molar-refractivity contribution in [2.24, 2.45) is 5.84 Å². The van der Waals surface area contributed by atoms with E-state index in [1.165, 1.54) is 0 Å². The van der Waals surface area contributed by atoms with Crippen LogP contribution in [0.15, 0.2) is 23.3 Å². The smallest absolute Gasteiger partial charge is 0.0429 e. The Morgan fingerprint density at radius 2 is 2.56 bits per heavy atom. The minimum Gasteiger partial charge on any atom is -0.271 e. The first-order valence-corrected chi connectivity index (χ1v) is 3.20. The fourth-order valence-corrected chi connectivity index (χ4v) is 0.880. The fourth-order valence-electron chi connectivity index (χ4n) is 0.718. The maximum atomic E-state index is 5.64. The van der Waals surface area contributed by atoms with Crippen LogP contribution in [0, 0.1) is 0 Å². The van der Waals surface area contributed by atoms with Crippen LogP contribution < -0.4 is 11.3 Å². The van der Waals surface area contributed by atoms with Gasteiger partial charge in [-0.3, -0.25) is 11.3 Å². The second-order valence-electron chi connectivity index (χ2n) is 1.96. The molecule has 1 rings (SSSR count). The van der Waals surface area contributed by atoms with Crippen molar-refractivity contribution in [1.29, 1.82) is 0 Å². The van der Waals surface area contributed by atoms with E-state index in [0.717, 1.165) is 11.5 Å². The number of rotatable bonds is 1. The van der Waals surface area contributed by atoms with Crippen molar-refractivity contribution < 1.29 is 0 Å². The molecule has 0 fully saturated rings. The molecule has 0 bridgehead atoms. The van der Waals surface area contributed by atoms with Gasteiger partial charge in [-0.05, 0) is 12.5 Å². The average molecular weight is 145 g/mol. The lowest BCUT2D eigenvalue weighted by molar-refractivity contribution is 0.622. The van der Waals surface area contributed by atoms with Crippen LogP contribution in [0.2, 0.25) is 0 Å². The number of hydrogen-bond donors (Lipinski definition) is 2. The van der Waals surface area contributed by atoms with Crippen LogP contribution in [0.4, 0.5) is 0 Å². The number of halogens is 1. The van der Waals surface area contributed by atoms with Gasteiger partial charge in [-0.1, -0.05) is 23.8 Å². The van der Waals surface area contributed by atoms with E-state index >= 15 is 0 Å². The van der Waals surface area contributed by atoms with Gasteiger partial charge in [0, 0.05) is 11.1 Å². The fraction of sp³-hybridized carbons (Fsp3) is 0.333. The van der Waals surface area contributed by atoms with Gasteiger partial charge in [0.05, 0.1) is 0 Å². The van der Waals surface area contributed by atoms with Crippen molar-refractivity contribution in [2.45, 2.75) is 12.5 Å². The van der Waals surface area contributed by atoms with E-state index < -0.39 is 0 Å². The number of hydrazine groups is 1. The Hall–Kier alpha value is -0.310. The van der Waals surface area contributed by atoms with Crippen LogP contribution in [-0.2, 0) is 0 Å². The predicted octanol–water partition coefficient (Wildman–Crippen LogP) is 0.901. The largest absolute Gasteiger partial charge is 0.271 e. The van der Waals surface area contributed by atoms with Gasteiger partial charge in [-0.15, -0.1) is 0 Å². The van der Waals surface area contributed by atoms with Crippen molar-refractivity contribution >= 4 is 11.6 Å². The molecular formula is C6H9ClN2. The minimum atomic E-state index is 0.257. The third-order valence-corrected chi connectivity index (χ3v) is 1.55. The highest BCUT2D eigenvalue weighted by atomic mass is 35.5. The Labute approximate surface area is 59.3 Å². The summed E-state index contributed by atoms with van der Waals surface area (Å²) in [5, 5.41) is 0.793. The quantitative estimate of drug-likeness (QED) is 0.424. The van der Waals surface area contributed by atoms with E-state index in [-0.39, 0.29) is 6.04 Å². The molecule has 0 saturated heterocycles. The molecule has 9 heavy (non-hydrogen) atoms. The predicted molar refractivity (Wildman–Crippen MR) is 38.8 cm³/mol. The lowest BCUT2D eigenvalue weighted by Gasteiger charge is -2.11. The normalized spacial score (nSPS) is 26.0.